The SMILES string of the molecule is CC(N)C(=O)NC(CS)C(=O)NC(CCC(=O)O)C(=O)NC(CCC(=O)O)C(=O)O. The van der Waals surface area contributed by atoms with Crippen LogP contribution in [0.3, 0.4) is 0 Å². The van der Waals surface area contributed by atoms with Crippen LogP contribution in [0.15, 0.2) is 0 Å². The van der Waals surface area contributed by atoms with E-state index >= 15 is 0 Å². The van der Waals surface area contributed by atoms with Gasteiger partial charge in [0.1, 0.15) is 18.1 Å². The normalized spacial score (nSPS) is 14.5. The Kier molecular flexibility index (Phi) is 12.1. The zero-order valence-electron chi connectivity index (χ0n) is 16.2. The van der Waals surface area contributed by atoms with Crippen LogP contribution in [-0.4, -0.2) is 80.9 Å². The van der Waals surface area contributed by atoms with Crippen molar-refractivity contribution in [2.24, 2.45) is 5.73 Å². The highest BCUT2D eigenvalue weighted by molar-refractivity contribution is 7.80. The van der Waals surface area contributed by atoms with Crippen molar-refractivity contribution in [1.82, 2.24) is 16.0 Å². The topological polar surface area (TPSA) is 225 Å². The van der Waals surface area contributed by atoms with Crippen LogP contribution in [0.2, 0.25) is 0 Å². The number of carbonyl (C=O) groups excluding carboxylic acids is 3. The second-order valence-corrected chi connectivity index (χ2v) is 6.72. The zero-order chi connectivity index (χ0) is 23.4. The van der Waals surface area contributed by atoms with Gasteiger partial charge in [-0.2, -0.15) is 12.6 Å². The fourth-order valence-corrected chi connectivity index (χ4v) is 2.36. The molecule has 0 rings (SSSR count). The third kappa shape index (κ3) is 10.6. The molecule has 4 atom stereocenters. The lowest BCUT2D eigenvalue weighted by atomic mass is 10.1. The first-order valence-electron chi connectivity index (χ1n) is 8.83. The summed E-state index contributed by atoms with van der Waals surface area (Å²) in [6.07, 6.45) is -1.85. The van der Waals surface area contributed by atoms with Gasteiger partial charge in [-0.3, -0.25) is 24.0 Å². The average Bonchev–Trinajstić information content (AvgIpc) is 2.64. The van der Waals surface area contributed by atoms with Gasteiger partial charge in [0.25, 0.3) is 0 Å². The summed E-state index contributed by atoms with van der Waals surface area (Å²) in [5, 5.41) is 33.3. The highest BCUT2D eigenvalue weighted by atomic mass is 32.1. The standard InChI is InChI=1S/C16H26N4O9S/c1-7(17)13(25)20-10(6-30)15(27)18-8(2-4-11(21)22)14(26)19-9(16(28)29)3-5-12(23)24/h7-10,30H,2-6,17H2,1H3,(H,18,27)(H,19,26)(H,20,25)(H,21,22)(H,23,24)(H,28,29). The van der Waals surface area contributed by atoms with Crippen LogP contribution in [0.1, 0.15) is 32.6 Å². The van der Waals surface area contributed by atoms with Gasteiger partial charge < -0.3 is 37.0 Å². The van der Waals surface area contributed by atoms with E-state index < -0.39 is 79.1 Å². The zero-order valence-corrected chi connectivity index (χ0v) is 17.1. The van der Waals surface area contributed by atoms with Crippen molar-refractivity contribution < 1.29 is 44.1 Å². The summed E-state index contributed by atoms with van der Waals surface area (Å²) in [6, 6.07) is -5.11. The summed E-state index contributed by atoms with van der Waals surface area (Å²) in [5.41, 5.74) is 5.41. The summed E-state index contributed by atoms with van der Waals surface area (Å²) < 4.78 is 0. The molecule has 0 aromatic heterocycles. The lowest BCUT2D eigenvalue weighted by Crippen LogP contribution is -2.57. The molecule has 0 saturated carbocycles. The van der Waals surface area contributed by atoms with E-state index in [0.717, 1.165) is 0 Å². The number of thiol groups is 1. The molecule has 0 heterocycles. The largest absolute Gasteiger partial charge is 0.481 e. The number of aliphatic carboxylic acids is 3. The molecule has 0 fully saturated rings. The van der Waals surface area contributed by atoms with Crippen LogP contribution in [0, 0.1) is 0 Å². The predicted molar refractivity (Wildman–Crippen MR) is 105 cm³/mol. The number of rotatable bonds is 14. The molecule has 170 valence electrons. The van der Waals surface area contributed by atoms with Crippen molar-refractivity contribution in [1.29, 1.82) is 0 Å². The molecule has 0 aliphatic rings. The number of nitrogens with two attached hydrogens (primary N) is 1. The molecule has 14 heteroatoms. The van der Waals surface area contributed by atoms with Crippen molar-refractivity contribution in [3.63, 3.8) is 0 Å². The fourth-order valence-electron chi connectivity index (χ4n) is 2.10. The number of carbonyl (C=O) groups is 6. The molecule has 8 N–H and O–H groups in total. The molecule has 13 nitrogen and oxygen atoms in total. The third-order valence-electron chi connectivity index (χ3n) is 3.77. The van der Waals surface area contributed by atoms with Crippen LogP contribution in [0.25, 0.3) is 0 Å². The molecule has 4 unspecified atom stereocenters. The second-order valence-electron chi connectivity index (χ2n) is 6.36. The van der Waals surface area contributed by atoms with E-state index in [0.29, 0.717) is 0 Å². The molecule has 0 aliphatic heterocycles. The van der Waals surface area contributed by atoms with Gasteiger partial charge in [-0.15, -0.1) is 0 Å². The highest BCUT2D eigenvalue weighted by Gasteiger charge is 2.30. The van der Waals surface area contributed by atoms with Crippen molar-refractivity contribution >= 4 is 48.3 Å². The minimum absolute atomic E-state index is 0.159. The van der Waals surface area contributed by atoms with E-state index in [1.807, 2.05) is 0 Å². The second kappa shape index (κ2) is 13.4. The molecular formula is C16H26N4O9S. The minimum atomic E-state index is -1.56. The molecule has 0 aromatic rings. The Morgan fingerprint density at radius 1 is 0.767 bits per heavy atom. The summed E-state index contributed by atoms with van der Waals surface area (Å²) in [6.45, 7) is 1.38. The summed E-state index contributed by atoms with van der Waals surface area (Å²) in [7, 11) is 0. The Labute approximate surface area is 177 Å². The number of nitrogens with one attached hydrogen (secondary N) is 3. The van der Waals surface area contributed by atoms with E-state index in [2.05, 4.69) is 28.6 Å². The fraction of sp³-hybridized carbons (Fsp3) is 0.625. The quantitative estimate of drug-likeness (QED) is 0.130. The van der Waals surface area contributed by atoms with Gasteiger partial charge in [-0.05, 0) is 19.8 Å². The smallest absolute Gasteiger partial charge is 0.326 e. The van der Waals surface area contributed by atoms with E-state index in [1.165, 1.54) is 6.92 Å². The Morgan fingerprint density at radius 2 is 1.17 bits per heavy atom. The first-order valence-corrected chi connectivity index (χ1v) is 9.46. The Morgan fingerprint density at radius 3 is 1.57 bits per heavy atom. The Balaban J connectivity index is 5.30. The van der Waals surface area contributed by atoms with Gasteiger partial charge in [-0.1, -0.05) is 0 Å². The van der Waals surface area contributed by atoms with Crippen LogP contribution < -0.4 is 21.7 Å². The van der Waals surface area contributed by atoms with Crippen LogP contribution in [0.5, 0.6) is 0 Å². The third-order valence-corrected chi connectivity index (χ3v) is 4.14. The lowest BCUT2D eigenvalue weighted by Gasteiger charge is -2.24. The maximum atomic E-state index is 12.4. The molecule has 0 aromatic carbocycles. The lowest BCUT2D eigenvalue weighted by molar-refractivity contribution is -0.144. The number of hydrogen-bond donors (Lipinski definition) is 8. The van der Waals surface area contributed by atoms with Crippen LogP contribution in [-0.2, 0) is 28.8 Å². The molecule has 30 heavy (non-hydrogen) atoms. The van der Waals surface area contributed by atoms with E-state index in [1.54, 1.807) is 0 Å². The van der Waals surface area contributed by atoms with Crippen molar-refractivity contribution in [2.75, 3.05) is 5.75 Å². The molecule has 0 saturated heterocycles. The van der Waals surface area contributed by atoms with Gasteiger partial charge in [0.15, 0.2) is 0 Å². The van der Waals surface area contributed by atoms with Gasteiger partial charge >= 0.3 is 17.9 Å². The minimum Gasteiger partial charge on any atom is -0.481 e. The number of amides is 3. The number of carboxylic acids is 3. The maximum absolute atomic E-state index is 12.4. The van der Waals surface area contributed by atoms with Gasteiger partial charge in [-0.25, -0.2) is 4.79 Å². The maximum Gasteiger partial charge on any atom is 0.326 e. The summed E-state index contributed by atoms with van der Waals surface area (Å²) in [4.78, 5) is 69.2. The molecule has 0 spiro atoms. The van der Waals surface area contributed by atoms with E-state index in [9.17, 15) is 28.8 Å². The van der Waals surface area contributed by atoms with Crippen molar-refractivity contribution in [3.05, 3.63) is 0 Å². The molecule has 0 radical (unpaired) electrons. The Bertz CT molecular complexity index is 671. The molecule has 0 bridgehead atoms. The molecule has 3 amide bonds. The van der Waals surface area contributed by atoms with Gasteiger partial charge in [0, 0.05) is 18.6 Å². The summed E-state index contributed by atoms with van der Waals surface area (Å²) >= 11 is 3.94. The number of hydrogen-bond acceptors (Lipinski definition) is 8. The van der Waals surface area contributed by atoms with Crippen LogP contribution >= 0.6 is 12.6 Å². The monoisotopic (exact) mass is 450 g/mol. The Hall–Kier alpha value is -2.87. The first kappa shape index (κ1) is 27.1. The molecule has 0 aliphatic carbocycles. The highest BCUT2D eigenvalue weighted by Crippen LogP contribution is 2.04. The summed E-state index contributed by atoms with van der Waals surface area (Å²) in [5.74, 6) is -6.72. The molecular weight excluding hydrogens is 424 g/mol. The predicted octanol–water partition coefficient (Wildman–Crippen LogP) is -2.47. The first-order chi connectivity index (χ1) is 13.9. The van der Waals surface area contributed by atoms with E-state index in [-0.39, 0.29) is 12.2 Å². The van der Waals surface area contributed by atoms with Gasteiger partial charge in [0.05, 0.1) is 6.04 Å². The van der Waals surface area contributed by atoms with Crippen LogP contribution in [0.4, 0.5) is 0 Å². The van der Waals surface area contributed by atoms with Crippen molar-refractivity contribution in [3.8, 4) is 0 Å². The number of carboxylic acid groups (broad SMARTS) is 3. The van der Waals surface area contributed by atoms with Gasteiger partial charge in [0.2, 0.25) is 17.7 Å². The van der Waals surface area contributed by atoms with E-state index in [4.69, 9.17) is 21.1 Å². The van der Waals surface area contributed by atoms with Crippen molar-refractivity contribution in [2.45, 2.75) is 56.8 Å². The average molecular weight is 450 g/mol.